The molecule has 1 rings (SSSR count). The fourth-order valence-electron chi connectivity index (χ4n) is 3.17. The summed E-state index contributed by atoms with van der Waals surface area (Å²) in [5.74, 6) is -0.476. The van der Waals surface area contributed by atoms with Crippen LogP contribution in [0.1, 0.15) is 45.4 Å². The molecule has 7 nitrogen and oxygen atoms in total. The van der Waals surface area contributed by atoms with Gasteiger partial charge in [-0.25, -0.2) is 0 Å². The lowest BCUT2D eigenvalue weighted by Crippen LogP contribution is -2.32. The highest BCUT2D eigenvalue weighted by molar-refractivity contribution is 7.86. The molecule has 0 spiro atoms. The molecule has 0 heterocycles. The van der Waals surface area contributed by atoms with E-state index in [9.17, 15) is 16.8 Å². The molecule has 0 fully saturated rings. The van der Waals surface area contributed by atoms with Gasteiger partial charge in [-0.3, -0.25) is 9.11 Å². The average molecular weight is 382 g/mol. The van der Waals surface area contributed by atoms with E-state index >= 15 is 0 Å². The fourth-order valence-corrected chi connectivity index (χ4v) is 4.31. The summed E-state index contributed by atoms with van der Waals surface area (Å²) in [5, 5.41) is 0. The van der Waals surface area contributed by atoms with Crippen LogP contribution < -0.4 is 5.73 Å². The molecule has 0 aliphatic heterocycles. The van der Waals surface area contributed by atoms with Crippen LogP contribution in [-0.4, -0.2) is 37.4 Å². The summed E-state index contributed by atoms with van der Waals surface area (Å²) in [5.41, 5.74) is 6.59. The van der Waals surface area contributed by atoms with Crippen molar-refractivity contribution in [3.8, 4) is 0 Å². The monoisotopic (exact) mass is 381 g/mol. The van der Waals surface area contributed by atoms with E-state index < -0.39 is 20.2 Å². The van der Waals surface area contributed by atoms with Gasteiger partial charge in [0.25, 0.3) is 20.2 Å². The third-order valence-corrected chi connectivity index (χ3v) is 6.09. The summed E-state index contributed by atoms with van der Waals surface area (Å²) < 4.78 is 60.6. The Morgan fingerprint density at radius 3 is 2.12 bits per heavy atom. The third-order valence-electron chi connectivity index (χ3n) is 4.48. The third kappa shape index (κ3) is 7.78. The maximum atomic E-state index is 10.8. The molecule has 24 heavy (non-hydrogen) atoms. The van der Waals surface area contributed by atoms with Gasteiger partial charge in [-0.1, -0.05) is 31.9 Å². The van der Waals surface area contributed by atoms with Crippen LogP contribution in [0.15, 0.2) is 23.9 Å². The van der Waals surface area contributed by atoms with Crippen LogP contribution in [0, 0.1) is 11.3 Å². The number of allylic oxidation sites excluding steroid dienone is 4. The van der Waals surface area contributed by atoms with Crippen molar-refractivity contribution in [2.24, 2.45) is 17.1 Å². The van der Waals surface area contributed by atoms with Crippen LogP contribution in [-0.2, 0) is 20.2 Å². The normalized spacial score (nSPS) is 24.8. The van der Waals surface area contributed by atoms with Crippen molar-refractivity contribution in [1.29, 1.82) is 0 Å². The van der Waals surface area contributed by atoms with Crippen LogP contribution in [0.4, 0.5) is 0 Å². The molecule has 4 N–H and O–H groups in total. The molecule has 9 heteroatoms. The van der Waals surface area contributed by atoms with Crippen molar-refractivity contribution in [2.45, 2.75) is 45.4 Å². The Morgan fingerprint density at radius 2 is 1.58 bits per heavy atom. The minimum absolute atomic E-state index is 0.0367. The van der Waals surface area contributed by atoms with Gasteiger partial charge in [0.15, 0.2) is 0 Å². The SMILES string of the molecule is CC1(CCCCS(=O)(=O)O)C=CC=C(N)C1CCCCS(=O)(=O)O. The smallest absolute Gasteiger partial charge is 0.264 e. The molecule has 0 bridgehead atoms. The molecule has 1 aliphatic carbocycles. The Hall–Kier alpha value is -0.900. The Morgan fingerprint density at radius 1 is 1.04 bits per heavy atom. The van der Waals surface area contributed by atoms with Crippen LogP contribution >= 0.6 is 0 Å². The largest absolute Gasteiger partial charge is 0.402 e. The highest BCUT2D eigenvalue weighted by Gasteiger charge is 2.34. The lowest BCUT2D eigenvalue weighted by molar-refractivity contribution is 0.241. The van der Waals surface area contributed by atoms with Crippen molar-refractivity contribution < 1.29 is 25.9 Å². The molecule has 2 atom stereocenters. The first kappa shape index (κ1) is 21.1. The molecule has 0 aromatic carbocycles. The van der Waals surface area contributed by atoms with Crippen molar-refractivity contribution in [2.75, 3.05) is 11.5 Å². The first-order chi connectivity index (χ1) is 10.9. The number of rotatable bonds is 10. The molecule has 0 radical (unpaired) electrons. The maximum Gasteiger partial charge on any atom is 0.264 e. The zero-order chi connectivity index (χ0) is 18.4. The van der Waals surface area contributed by atoms with Gasteiger partial charge in [-0.05, 0) is 37.2 Å². The summed E-state index contributed by atoms with van der Waals surface area (Å²) >= 11 is 0. The minimum Gasteiger partial charge on any atom is -0.402 e. The molecule has 0 amide bonds. The predicted octanol–water partition coefficient (Wildman–Crippen LogP) is 2.14. The summed E-state index contributed by atoms with van der Waals surface area (Å²) in [6, 6.07) is 0. The van der Waals surface area contributed by atoms with E-state index in [4.69, 9.17) is 14.8 Å². The van der Waals surface area contributed by atoms with E-state index in [2.05, 4.69) is 0 Å². The number of hydrogen-bond acceptors (Lipinski definition) is 5. The Kier molecular flexibility index (Phi) is 7.45. The van der Waals surface area contributed by atoms with E-state index in [1.54, 1.807) is 0 Å². The van der Waals surface area contributed by atoms with Crippen LogP contribution in [0.5, 0.6) is 0 Å². The standard InChI is InChI=1S/C15H27NO6S2/c1-15(9-3-5-12-24(20,21)22)10-6-8-14(16)13(15)7-2-4-11-23(17,18)19/h6,8,10,13H,2-5,7,9,11-12,16H2,1H3,(H,17,18,19)(H,20,21,22). The first-order valence-corrected chi connectivity index (χ1v) is 11.2. The Bertz CT molecular complexity index is 681. The molecule has 140 valence electrons. The molecular formula is C15H27NO6S2. The van der Waals surface area contributed by atoms with Gasteiger partial charge in [0, 0.05) is 11.6 Å². The van der Waals surface area contributed by atoms with Gasteiger partial charge in [-0.15, -0.1) is 0 Å². The second kappa shape index (κ2) is 8.46. The van der Waals surface area contributed by atoms with E-state index in [1.165, 1.54) is 0 Å². The van der Waals surface area contributed by atoms with Crippen molar-refractivity contribution >= 4 is 20.2 Å². The Labute approximate surface area is 144 Å². The summed E-state index contributed by atoms with van der Waals surface area (Å²) in [6.07, 6.45) is 9.16. The van der Waals surface area contributed by atoms with Crippen molar-refractivity contribution in [1.82, 2.24) is 0 Å². The van der Waals surface area contributed by atoms with Gasteiger partial charge < -0.3 is 5.73 Å². The number of nitrogens with two attached hydrogens (primary N) is 1. The zero-order valence-corrected chi connectivity index (χ0v) is 15.5. The topological polar surface area (TPSA) is 135 Å². The van der Waals surface area contributed by atoms with Gasteiger partial charge in [0.2, 0.25) is 0 Å². The quantitative estimate of drug-likeness (QED) is 0.390. The van der Waals surface area contributed by atoms with E-state index in [0.717, 1.165) is 12.1 Å². The summed E-state index contributed by atoms with van der Waals surface area (Å²) in [7, 11) is -7.88. The highest BCUT2D eigenvalue weighted by Crippen LogP contribution is 2.42. The fraction of sp³-hybridized carbons (Fsp3) is 0.733. The molecule has 0 saturated carbocycles. The lowest BCUT2D eigenvalue weighted by Gasteiger charge is -2.38. The number of unbranched alkanes of at least 4 members (excludes halogenated alkanes) is 2. The molecule has 2 unspecified atom stereocenters. The number of hydrogen-bond donors (Lipinski definition) is 3. The molecule has 1 aliphatic rings. The summed E-state index contributed by atoms with van der Waals surface area (Å²) in [6.45, 7) is 2.05. The van der Waals surface area contributed by atoms with Crippen molar-refractivity contribution in [3.05, 3.63) is 23.9 Å². The highest BCUT2D eigenvalue weighted by atomic mass is 32.2. The Balaban J connectivity index is 2.58. The van der Waals surface area contributed by atoms with Crippen LogP contribution in [0.2, 0.25) is 0 Å². The summed E-state index contributed by atoms with van der Waals surface area (Å²) in [4.78, 5) is 0. The van der Waals surface area contributed by atoms with Crippen LogP contribution in [0.25, 0.3) is 0 Å². The van der Waals surface area contributed by atoms with Gasteiger partial charge in [0.1, 0.15) is 0 Å². The van der Waals surface area contributed by atoms with Gasteiger partial charge >= 0.3 is 0 Å². The maximum absolute atomic E-state index is 10.8. The average Bonchev–Trinajstić information content (AvgIpc) is 2.40. The van der Waals surface area contributed by atoms with Crippen LogP contribution in [0.3, 0.4) is 0 Å². The minimum atomic E-state index is -3.94. The first-order valence-electron chi connectivity index (χ1n) is 7.98. The van der Waals surface area contributed by atoms with Crippen molar-refractivity contribution in [3.63, 3.8) is 0 Å². The van der Waals surface area contributed by atoms with Gasteiger partial charge in [-0.2, -0.15) is 16.8 Å². The second-order valence-corrected chi connectivity index (χ2v) is 9.75. The predicted molar refractivity (Wildman–Crippen MR) is 93.5 cm³/mol. The molecular weight excluding hydrogens is 354 g/mol. The van der Waals surface area contributed by atoms with Gasteiger partial charge in [0.05, 0.1) is 11.5 Å². The van der Waals surface area contributed by atoms with E-state index in [1.807, 2.05) is 25.2 Å². The lowest BCUT2D eigenvalue weighted by atomic mass is 9.68. The zero-order valence-electron chi connectivity index (χ0n) is 13.9. The van der Waals surface area contributed by atoms with E-state index in [0.29, 0.717) is 32.1 Å². The van der Waals surface area contributed by atoms with E-state index in [-0.39, 0.29) is 22.8 Å². The molecule has 0 aromatic heterocycles. The second-order valence-electron chi connectivity index (χ2n) is 6.61. The molecule has 0 saturated heterocycles. The molecule has 0 aromatic rings.